The third kappa shape index (κ3) is 3.79. The molecule has 0 bridgehead atoms. The number of hydrogen-bond donors (Lipinski definition) is 1. The highest BCUT2D eigenvalue weighted by molar-refractivity contribution is 9.10. The monoisotopic (exact) mass is 313 g/mol. The Labute approximate surface area is 117 Å². The molecule has 1 fully saturated rings. The summed E-state index contributed by atoms with van der Waals surface area (Å²) in [7, 11) is 0. The molecule has 2 rings (SSSR count). The van der Waals surface area contributed by atoms with E-state index in [2.05, 4.69) is 35.1 Å². The second-order valence-electron chi connectivity index (χ2n) is 5.94. The molecule has 1 nitrogen and oxygen atoms in total. The third-order valence-electron chi connectivity index (χ3n) is 3.59. The highest BCUT2D eigenvalue weighted by Crippen LogP contribution is 2.48. The van der Waals surface area contributed by atoms with E-state index in [1.807, 2.05) is 12.1 Å². The van der Waals surface area contributed by atoms with Gasteiger partial charge in [-0.3, -0.25) is 0 Å². The standard InChI is InChI=1S/C15H21BrFN/c1-11(2)9-18-10-15(5-6-15)8-12-3-4-13(16)7-14(12)17/h3-4,7,11,18H,5-6,8-10H2,1-2H3. The molecule has 0 aliphatic heterocycles. The van der Waals surface area contributed by atoms with E-state index in [0.717, 1.165) is 29.5 Å². The van der Waals surface area contributed by atoms with Gasteiger partial charge in [-0.15, -0.1) is 0 Å². The van der Waals surface area contributed by atoms with Crippen molar-refractivity contribution in [3.8, 4) is 0 Å². The molecular weight excluding hydrogens is 293 g/mol. The Morgan fingerprint density at radius 2 is 2.11 bits per heavy atom. The zero-order chi connectivity index (χ0) is 13.2. The van der Waals surface area contributed by atoms with Crippen LogP contribution < -0.4 is 5.32 Å². The SMILES string of the molecule is CC(C)CNCC1(Cc2ccc(Br)cc2F)CC1. The lowest BCUT2D eigenvalue weighted by atomic mass is 9.96. The summed E-state index contributed by atoms with van der Waals surface area (Å²) >= 11 is 3.30. The highest BCUT2D eigenvalue weighted by atomic mass is 79.9. The summed E-state index contributed by atoms with van der Waals surface area (Å²) in [5, 5.41) is 3.51. The van der Waals surface area contributed by atoms with Crippen molar-refractivity contribution in [3.05, 3.63) is 34.1 Å². The molecule has 3 heteroatoms. The average Bonchev–Trinajstić information content (AvgIpc) is 3.02. The first-order chi connectivity index (χ1) is 8.51. The van der Waals surface area contributed by atoms with Crippen molar-refractivity contribution in [2.24, 2.45) is 11.3 Å². The first-order valence-electron chi connectivity index (χ1n) is 6.65. The van der Waals surface area contributed by atoms with E-state index in [1.54, 1.807) is 6.07 Å². The zero-order valence-electron chi connectivity index (χ0n) is 11.1. The molecule has 0 heterocycles. The summed E-state index contributed by atoms with van der Waals surface area (Å²) in [5.41, 5.74) is 1.16. The summed E-state index contributed by atoms with van der Waals surface area (Å²) in [4.78, 5) is 0. The predicted molar refractivity (Wildman–Crippen MR) is 77.2 cm³/mol. The van der Waals surface area contributed by atoms with E-state index in [0.29, 0.717) is 11.3 Å². The molecule has 0 aromatic heterocycles. The molecule has 1 aliphatic carbocycles. The fourth-order valence-electron chi connectivity index (χ4n) is 2.29. The van der Waals surface area contributed by atoms with Crippen molar-refractivity contribution in [2.45, 2.75) is 33.1 Å². The van der Waals surface area contributed by atoms with E-state index in [1.165, 1.54) is 12.8 Å². The Hall–Kier alpha value is -0.410. The Morgan fingerprint density at radius 3 is 2.67 bits per heavy atom. The van der Waals surface area contributed by atoms with Gasteiger partial charge in [0.1, 0.15) is 5.82 Å². The molecule has 1 aliphatic rings. The van der Waals surface area contributed by atoms with Gasteiger partial charge >= 0.3 is 0 Å². The molecule has 1 N–H and O–H groups in total. The second kappa shape index (κ2) is 5.70. The first kappa shape index (κ1) is 14.0. The van der Waals surface area contributed by atoms with Gasteiger partial charge in [0.25, 0.3) is 0 Å². The zero-order valence-corrected chi connectivity index (χ0v) is 12.7. The Balaban J connectivity index is 1.92. The summed E-state index contributed by atoms with van der Waals surface area (Å²) in [6.45, 7) is 6.48. The Kier molecular flexibility index (Phi) is 4.44. The molecule has 0 atom stereocenters. The van der Waals surface area contributed by atoms with Crippen LogP contribution in [0, 0.1) is 17.2 Å². The van der Waals surface area contributed by atoms with E-state index in [-0.39, 0.29) is 5.82 Å². The van der Waals surface area contributed by atoms with Crippen molar-refractivity contribution in [3.63, 3.8) is 0 Å². The number of benzene rings is 1. The Bertz CT molecular complexity index is 413. The second-order valence-corrected chi connectivity index (χ2v) is 6.85. The largest absolute Gasteiger partial charge is 0.316 e. The smallest absolute Gasteiger partial charge is 0.127 e. The molecular formula is C15H21BrFN. The van der Waals surface area contributed by atoms with Gasteiger partial charge in [0.2, 0.25) is 0 Å². The van der Waals surface area contributed by atoms with Crippen molar-refractivity contribution < 1.29 is 4.39 Å². The van der Waals surface area contributed by atoms with E-state index >= 15 is 0 Å². The van der Waals surface area contributed by atoms with E-state index in [4.69, 9.17) is 0 Å². The van der Waals surface area contributed by atoms with Crippen LogP contribution in [-0.2, 0) is 6.42 Å². The van der Waals surface area contributed by atoms with E-state index < -0.39 is 0 Å². The maximum Gasteiger partial charge on any atom is 0.127 e. The van der Waals surface area contributed by atoms with Gasteiger partial charge in [-0.1, -0.05) is 35.8 Å². The van der Waals surface area contributed by atoms with Crippen LogP contribution in [0.3, 0.4) is 0 Å². The van der Waals surface area contributed by atoms with Gasteiger partial charge in [0, 0.05) is 11.0 Å². The minimum atomic E-state index is -0.0838. The summed E-state index contributed by atoms with van der Waals surface area (Å²) in [5.74, 6) is 0.588. The van der Waals surface area contributed by atoms with Crippen LogP contribution in [0.4, 0.5) is 4.39 Å². The minimum Gasteiger partial charge on any atom is -0.316 e. The van der Waals surface area contributed by atoms with Crippen molar-refractivity contribution >= 4 is 15.9 Å². The maximum atomic E-state index is 13.8. The molecule has 0 spiro atoms. The topological polar surface area (TPSA) is 12.0 Å². The van der Waals surface area contributed by atoms with Gasteiger partial charge in [0.05, 0.1) is 0 Å². The van der Waals surface area contributed by atoms with Gasteiger partial charge in [-0.2, -0.15) is 0 Å². The lowest BCUT2D eigenvalue weighted by Crippen LogP contribution is -2.28. The lowest BCUT2D eigenvalue weighted by molar-refractivity contribution is 0.425. The van der Waals surface area contributed by atoms with Crippen LogP contribution in [0.15, 0.2) is 22.7 Å². The molecule has 1 aromatic carbocycles. The van der Waals surface area contributed by atoms with Crippen LogP contribution >= 0.6 is 15.9 Å². The summed E-state index contributed by atoms with van der Waals surface area (Å²) in [6, 6.07) is 5.39. The molecule has 1 saturated carbocycles. The average molecular weight is 314 g/mol. The molecule has 0 unspecified atom stereocenters. The number of nitrogens with one attached hydrogen (secondary N) is 1. The van der Waals surface area contributed by atoms with Gasteiger partial charge in [-0.25, -0.2) is 4.39 Å². The van der Waals surface area contributed by atoms with Gasteiger partial charge in [0.15, 0.2) is 0 Å². The lowest BCUT2D eigenvalue weighted by Gasteiger charge is -2.17. The predicted octanol–water partition coefficient (Wildman–Crippen LogP) is 4.16. The molecule has 0 amide bonds. The van der Waals surface area contributed by atoms with Crippen LogP contribution in [0.1, 0.15) is 32.3 Å². The quantitative estimate of drug-likeness (QED) is 0.831. The fourth-order valence-corrected chi connectivity index (χ4v) is 2.62. The molecule has 18 heavy (non-hydrogen) atoms. The minimum absolute atomic E-state index is 0.0838. The summed E-state index contributed by atoms with van der Waals surface area (Å²) in [6.07, 6.45) is 3.29. The summed E-state index contributed by atoms with van der Waals surface area (Å²) < 4.78 is 14.6. The molecule has 0 radical (unpaired) electrons. The molecule has 100 valence electrons. The van der Waals surface area contributed by atoms with Crippen molar-refractivity contribution in [2.75, 3.05) is 13.1 Å². The van der Waals surface area contributed by atoms with Crippen LogP contribution in [0.25, 0.3) is 0 Å². The van der Waals surface area contributed by atoms with Crippen molar-refractivity contribution in [1.29, 1.82) is 0 Å². The van der Waals surface area contributed by atoms with Gasteiger partial charge < -0.3 is 5.32 Å². The number of halogens is 2. The van der Waals surface area contributed by atoms with Crippen LogP contribution in [-0.4, -0.2) is 13.1 Å². The van der Waals surface area contributed by atoms with Crippen LogP contribution in [0.5, 0.6) is 0 Å². The van der Waals surface area contributed by atoms with Crippen LogP contribution in [0.2, 0.25) is 0 Å². The number of rotatable bonds is 6. The maximum absolute atomic E-state index is 13.8. The van der Waals surface area contributed by atoms with Crippen molar-refractivity contribution in [1.82, 2.24) is 5.32 Å². The van der Waals surface area contributed by atoms with E-state index in [9.17, 15) is 4.39 Å². The fraction of sp³-hybridized carbons (Fsp3) is 0.600. The molecule has 1 aromatic rings. The normalized spacial score (nSPS) is 17.2. The number of hydrogen-bond acceptors (Lipinski definition) is 1. The Morgan fingerprint density at radius 1 is 1.39 bits per heavy atom. The molecule has 0 saturated heterocycles. The third-order valence-corrected chi connectivity index (χ3v) is 4.08. The highest BCUT2D eigenvalue weighted by Gasteiger charge is 2.42. The first-order valence-corrected chi connectivity index (χ1v) is 7.45. The van der Waals surface area contributed by atoms with Gasteiger partial charge in [-0.05, 0) is 54.8 Å².